The van der Waals surface area contributed by atoms with Gasteiger partial charge in [0.25, 0.3) is 0 Å². The fourth-order valence-corrected chi connectivity index (χ4v) is 4.28. The van der Waals surface area contributed by atoms with Gasteiger partial charge in [0.05, 0.1) is 6.04 Å². The molecular weight excluding hydrogens is 370 g/mol. The lowest BCUT2D eigenvalue weighted by Gasteiger charge is -2.25. The molecule has 0 spiro atoms. The highest BCUT2D eigenvalue weighted by Crippen LogP contribution is 2.26. The number of rotatable bonds is 23. The van der Waals surface area contributed by atoms with E-state index in [1.54, 1.807) is 0 Å². The Kier molecular flexibility index (Phi) is 22.2. The van der Waals surface area contributed by atoms with Gasteiger partial charge in [0.15, 0.2) is 5.96 Å². The Morgan fingerprint density at radius 1 is 0.667 bits per heavy atom. The molecule has 0 radical (unpaired) electrons. The van der Waals surface area contributed by atoms with E-state index in [4.69, 9.17) is 17.2 Å². The van der Waals surface area contributed by atoms with Crippen LogP contribution in [0.3, 0.4) is 0 Å². The van der Waals surface area contributed by atoms with Gasteiger partial charge in [-0.1, -0.05) is 97.3 Å². The summed E-state index contributed by atoms with van der Waals surface area (Å²) in [5.74, 6) is 0.847. The Bertz CT molecular complexity index is 369. The summed E-state index contributed by atoms with van der Waals surface area (Å²) < 4.78 is 0. The van der Waals surface area contributed by atoms with Crippen molar-refractivity contribution in [2.24, 2.45) is 28.1 Å². The predicted molar refractivity (Wildman–Crippen MR) is 135 cm³/mol. The summed E-state index contributed by atoms with van der Waals surface area (Å²) in [5, 5.41) is 3.50. The van der Waals surface area contributed by atoms with Crippen molar-refractivity contribution >= 4 is 5.96 Å². The van der Waals surface area contributed by atoms with Gasteiger partial charge in [-0.15, -0.1) is 0 Å². The summed E-state index contributed by atoms with van der Waals surface area (Å²) in [4.78, 5) is 4.67. The SMILES string of the molecule is CCCCCCCCCC(CCCCCCCC)C(CCNCCCN)N=C(N)N. The summed E-state index contributed by atoms with van der Waals surface area (Å²) in [5.41, 5.74) is 17.2. The lowest BCUT2D eigenvalue weighted by atomic mass is 9.86. The summed E-state index contributed by atoms with van der Waals surface area (Å²) in [6, 6.07) is 0.246. The van der Waals surface area contributed by atoms with Gasteiger partial charge >= 0.3 is 0 Å². The minimum Gasteiger partial charge on any atom is -0.370 e. The molecule has 0 bridgehead atoms. The van der Waals surface area contributed by atoms with Crippen molar-refractivity contribution in [2.75, 3.05) is 19.6 Å². The maximum Gasteiger partial charge on any atom is 0.186 e. The third-order valence-corrected chi connectivity index (χ3v) is 6.14. The van der Waals surface area contributed by atoms with Gasteiger partial charge in [-0.2, -0.15) is 0 Å². The zero-order chi connectivity index (χ0) is 22.3. The highest BCUT2D eigenvalue weighted by molar-refractivity contribution is 5.75. The number of hydrogen-bond acceptors (Lipinski definition) is 3. The Hall–Kier alpha value is -0.810. The Balaban J connectivity index is 4.54. The fourth-order valence-electron chi connectivity index (χ4n) is 4.28. The molecule has 0 fully saturated rings. The molecule has 0 amide bonds. The topological polar surface area (TPSA) is 102 Å². The van der Waals surface area contributed by atoms with Gasteiger partial charge in [0, 0.05) is 0 Å². The molecular formula is C25H55N5. The van der Waals surface area contributed by atoms with Gasteiger partial charge < -0.3 is 22.5 Å². The number of nitrogens with one attached hydrogen (secondary N) is 1. The summed E-state index contributed by atoms with van der Waals surface area (Å²) in [6.45, 7) is 7.24. The monoisotopic (exact) mass is 425 g/mol. The first-order valence-corrected chi connectivity index (χ1v) is 13.1. The third kappa shape index (κ3) is 19.2. The molecule has 0 aliphatic rings. The van der Waals surface area contributed by atoms with Crippen LogP contribution in [-0.4, -0.2) is 31.6 Å². The highest BCUT2D eigenvalue weighted by Gasteiger charge is 2.20. The molecule has 7 N–H and O–H groups in total. The van der Waals surface area contributed by atoms with Gasteiger partial charge in [-0.05, 0) is 51.2 Å². The van der Waals surface area contributed by atoms with E-state index in [2.05, 4.69) is 24.2 Å². The van der Waals surface area contributed by atoms with Gasteiger partial charge in [0.1, 0.15) is 0 Å². The second kappa shape index (κ2) is 22.9. The molecule has 0 heterocycles. The smallest absolute Gasteiger partial charge is 0.186 e. The number of nitrogens with zero attached hydrogens (tertiary/aromatic N) is 1. The average molecular weight is 426 g/mol. The average Bonchev–Trinajstić information content (AvgIpc) is 2.72. The van der Waals surface area contributed by atoms with Crippen LogP contribution in [0.5, 0.6) is 0 Å². The van der Waals surface area contributed by atoms with E-state index in [-0.39, 0.29) is 12.0 Å². The van der Waals surface area contributed by atoms with Crippen LogP contribution in [0.4, 0.5) is 0 Å². The minimum atomic E-state index is 0.245. The molecule has 30 heavy (non-hydrogen) atoms. The Labute approximate surface area is 188 Å². The van der Waals surface area contributed by atoms with E-state index in [0.717, 1.165) is 32.5 Å². The first-order chi connectivity index (χ1) is 14.7. The molecule has 0 saturated carbocycles. The summed E-state index contributed by atoms with van der Waals surface area (Å²) in [7, 11) is 0. The zero-order valence-electron chi connectivity index (χ0n) is 20.5. The summed E-state index contributed by atoms with van der Waals surface area (Å²) >= 11 is 0. The second-order valence-corrected chi connectivity index (χ2v) is 9.03. The number of nitrogens with two attached hydrogens (primary N) is 3. The van der Waals surface area contributed by atoms with Crippen molar-refractivity contribution in [3.05, 3.63) is 0 Å². The van der Waals surface area contributed by atoms with Crippen molar-refractivity contribution in [3.63, 3.8) is 0 Å². The standard InChI is InChI=1S/C25H55N5/c1-3-5-7-9-11-13-15-18-23(17-14-12-10-8-6-4-2)24(30-25(27)28)19-22-29-21-16-20-26/h23-24,29H,3-22,26H2,1-2H3,(H4,27,28,30). The molecule has 0 aromatic carbocycles. The fraction of sp³-hybridized carbons (Fsp3) is 0.960. The molecule has 0 aromatic heterocycles. The van der Waals surface area contributed by atoms with Gasteiger partial charge in [-0.3, -0.25) is 0 Å². The molecule has 0 aliphatic heterocycles. The van der Waals surface area contributed by atoms with Gasteiger partial charge in [0.2, 0.25) is 0 Å². The first-order valence-electron chi connectivity index (χ1n) is 13.1. The Morgan fingerprint density at radius 2 is 1.17 bits per heavy atom. The maximum absolute atomic E-state index is 5.81. The lowest BCUT2D eigenvalue weighted by Crippen LogP contribution is -2.31. The van der Waals surface area contributed by atoms with Crippen LogP contribution in [0, 0.1) is 5.92 Å². The van der Waals surface area contributed by atoms with E-state index in [9.17, 15) is 0 Å². The minimum absolute atomic E-state index is 0.245. The molecule has 5 nitrogen and oxygen atoms in total. The van der Waals surface area contributed by atoms with E-state index in [0.29, 0.717) is 5.92 Å². The number of unbranched alkanes of at least 4 members (excludes halogenated alkanes) is 11. The van der Waals surface area contributed by atoms with E-state index in [1.165, 1.54) is 96.3 Å². The van der Waals surface area contributed by atoms with Crippen LogP contribution in [0.15, 0.2) is 4.99 Å². The lowest BCUT2D eigenvalue weighted by molar-refractivity contribution is 0.326. The van der Waals surface area contributed by atoms with Crippen molar-refractivity contribution in [3.8, 4) is 0 Å². The molecule has 5 heteroatoms. The zero-order valence-corrected chi connectivity index (χ0v) is 20.5. The van der Waals surface area contributed by atoms with Crippen molar-refractivity contribution in [1.29, 1.82) is 0 Å². The predicted octanol–water partition coefficient (Wildman–Crippen LogP) is 5.46. The van der Waals surface area contributed by atoms with Crippen LogP contribution in [0.2, 0.25) is 0 Å². The molecule has 180 valence electrons. The van der Waals surface area contributed by atoms with Crippen LogP contribution >= 0.6 is 0 Å². The van der Waals surface area contributed by atoms with Crippen LogP contribution in [-0.2, 0) is 0 Å². The first kappa shape index (κ1) is 29.2. The second-order valence-electron chi connectivity index (χ2n) is 9.03. The maximum atomic E-state index is 5.81. The largest absolute Gasteiger partial charge is 0.370 e. The number of guanidine groups is 1. The van der Waals surface area contributed by atoms with Gasteiger partial charge in [-0.25, -0.2) is 4.99 Å². The third-order valence-electron chi connectivity index (χ3n) is 6.14. The highest BCUT2D eigenvalue weighted by atomic mass is 15.0. The molecule has 0 saturated heterocycles. The Morgan fingerprint density at radius 3 is 1.63 bits per heavy atom. The molecule has 0 aromatic rings. The van der Waals surface area contributed by atoms with Crippen molar-refractivity contribution < 1.29 is 0 Å². The normalized spacial score (nSPS) is 13.3. The van der Waals surface area contributed by atoms with Crippen molar-refractivity contribution in [1.82, 2.24) is 5.32 Å². The van der Waals surface area contributed by atoms with Crippen LogP contribution < -0.4 is 22.5 Å². The number of aliphatic imine (C=N–C) groups is 1. The molecule has 2 atom stereocenters. The van der Waals surface area contributed by atoms with E-state index >= 15 is 0 Å². The van der Waals surface area contributed by atoms with E-state index < -0.39 is 0 Å². The van der Waals surface area contributed by atoms with E-state index in [1.807, 2.05) is 0 Å². The number of hydrogen-bond donors (Lipinski definition) is 4. The molecule has 0 aliphatic carbocycles. The van der Waals surface area contributed by atoms with Crippen LogP contribution in [0.25, 0.3) is 0 Å². The summed E-state index contributed by atoms with van der Waals surface area (Å²) in [6.07, 6.45) is 22.1. The van der Waals surface area contributed by atoms with Crippen LogP contribution in [0.1, 0.15) is 123 Å². The quantitative estimate of drug-likeness (QED) is 0.0990. The molecule has 0 rings (SSSR count). The molecule has 2 unspecified atom stereocenters. The van der Waals surface area contributed by atoms with Crippen molar-refractivity contribution in [2.45, 2.75) is 129 Å².